The SMILES string of the molecule is CCCNCC1CCC1c1cccc2ccncc12. The summed E-state index contributed by atoms with van der Waals surface area (Å²) in [5, 5.41) is 6.23. The van der Waals surface area contributed by atoms with Gasteiger partial charge in [0, 0.05) is 17.8 Å². The van der Waals surface area contributed by atoms with Crippen molar-refractivity contribution in [1.82, 2.24) is 10.3 Å². The molecule has 2 nitrogen and oxygen atoms in total. The first-order valence-electron chi connectivity index (χ1n) is 7.43. The molecular formula is C17H22N2. The molecule has 100 valence electrons. The predicted octanol–water partition coefficient (Wildman–Crippen LogP) is 3.73. The van der Waals surface area contributed by atoms with E-state index in [1.807, 2.05) is 12.4 Å². The quantitative estimate of drug-likeness (QED) is 0.822. The number of aromatic nitrogens is 1. The lowest BCUT2D eigenvalue weighted by Crippen LogP contribution is -2.34. The van der Waals surface area contributed by atoms with E-state index in [1.165, 1.54) is 35.6 Å². The van der Waals surface area contributed by atoms with Crippen LogP contribution in [-0.2, 0) is 0 Å². The summed E-state index contributed by atoms with van der Waals surface area (Å²) in [6, 6.07) is 8.78. The molecule has 1 aliphatic rings. The van der Waals surface area contributed by atoms with E-state index in [9.17, 15) is 0 Å². The van der Waals surface area contributed by atoms with Crippen molar-refractivity contribution in [3.63, 3.8) is 0 Å². The number of pyridine rings is 1. The van der Waals surface area contributed by atoms with Crippen molar-refractivity contribution >= 4 is 10.8 Å². The first-order chi connectivity index (χ1) is 9.40. The van der Waals surface area contributed by atoms with E-state index in [4.69, 9.17) is 0 Å². The van der Waals surface area contributed by atoms with Crippen LogP contribution >= 0.6 is 0 Å². The van der Waals surface area contributed by atoms with Crippen LogP contribution in [0.5, 0.6) is 0 Å². The molecule has 0 amide bonds. The molecule has 2 unspecified atom stereocenters. The van der Waals surface area contributed by atoms with Crippen LogP contribution in [0.25, 0.3) is 10.8 Å². The minimum atomic E-state index is 0.720. The highest BCUT2D eigenvalue weighted by atomic mass is 14.9. The summed E-state index contributed by atoms with van der Waals surface area (Å²) in [4.78, 5) is 4.30. The molecule has 0 spiro atoms. The highest BCUT2D eigenvalue weighted by Crippen LogP contribution is 2.44. The molecule has 0 radical (unpaired) electrons. The molecule has 19 heavy (non-hydrogen) atoms. The van der Waals surface area contributed by atoms with E-state index in [1.54, 1.807) is 0 Å². The monoisotopic (exact) mass is 254 g/mol. The molecule has 1 fully saturated rings. The molecule has 1 aromatic heterocycles. The van der Waals surface area contributed by atoms with Gasteiger partial charge in [0.2, 0.25) is 0 Å². The van der Waals surface area contributed by atoms with Crippen molar-refractivity contribution in [2.75, 3.05) is 13.1 Å². The molecule has 2 atom stereocenters. The average Bonchev–Trinajstić information content (AvgIpc) is 2.43. The van der Waals surface area contributed by atoms with Crippen LogP contribution in [-0.4, -0.2) is 18.1 Å². The second-order valence-electron chi connectivity index (χ2n) is 5.59. The van der Waals surface area contributed by atoms with E-state index in [2.05, 4.69) is 41.5 Å². The van der Waals surface area contributed by atoms with E-state index < -0.39 is 0 Å². The summed E-state index contributed by atoms with van der Waals surface area (Å²) >= 11 is 0. The number of hydrogen-bond acceptors (Lipinski definition) is 2. The summed E-state index contributed by atoms with van der Waals surface area (Å²) in [6.07, 6.45) is 7.81. The van der Waals surface area contributed by atoms with Crippen molar-refractivity contribution in [3.05, 3.63) is 42.2 Å². The zero-order valence-electron chi connectivity index (χ0n) is 11.6. The lowest BCUT2D eigenvalue weighted by atomic mass is 9.69. The minimum Gasteiger partial charge on any atom is -0.316 e. The van der Waals surface area contributed by atoms with Crippen molar-refractivity contribution in [2.24, 2.45) is 5.92 Å². The fourth-order valence-electron chi connectivity index (χ4n) is 3.15. The van der Waals surface area contributed by atoms with Crippen molar-refractivity contribution in [3.8, 4) is 0 Å². The molecule has 3 rings (SSSR count). The largest absolute Gasteiger partial charge is 0.316 e. The third-order valence-corrected chi connectivity index (χ3v) is 4.37. The Hall–Kier alpha value is -1.41. The van der Waals surface area contributed by atoms with Gasteiger partial charge in [0.15, 0.2) is 0 Å². The van der Waals surface area contributed by atoms with Crippen LogP contribution < -0.4 is 5.32 Å². The number of rotatable bonds is 5. The number of fused-ring (bicyclic) bond motifs is 1. The Morgan fingerprint density at radius 3 is 3.00 bits per heavy atom. The van der Waals surface area contributed by atoms with Gasteiger partial charge < -0.3 is 5.32 Å². The zero-order valence-corrected chi connectivity index (χ0v) is 11.6. The first kappa shape index (κ1) is 12.6. The van der Waals surface area contributed by atoms with Crippen LogP contribution in [0, 0.1) is 5.92 Å². The second-order valence-corrected chi connectivity index (χ2v) is 5.59. The smallest absolute Gasteiger partial charge is 0.0349 e. The zero-order chi connectivity index (χ0) is 13.1. The van der Waals surface area contributed by atoms with Gasteiger partial charge in [-0.05, 0) is 61.2 Å². The molecule has 2 aromatic rings. The molecule has 0 bridgehead atoms. The van der Waals surface area contributed by atoms with Crippen LogP contribution in [0.1, 0.15) is 37.7 Å². The van der Waals surface area contributed by atoms with E-state index in [-0.39, 0.29) is 0 Å². The number of nitrogens with one attached hydrogen (secondary N) is 1. The third kappa shape index (κ3) is 2.50. The van der Waals surface area contributed by atoms with Crippen LogP contribution in [0.2, 0.25) is 0 Å². The normalized spacial score (nSPS) is 22.4. The Morgan fingerprint density at radius 2 is 2.21 bits per heavy atom. The summed E-state index contributed by atoms with van der Waals surface area (Å²) in [7, 11) is 0. The number of benzene rings is 1. The summed E-state index contributed by atoms with van der Waals surface area (Å²) in [5.41, 5.74) is 1.50. The molecule has 1 saturated carbocycles. The maximum absolute atomic E-state index is 4.30. The Kier molecular flexibility index (Phi) is 3.79. The van der Waals surface area contributed by atoms with Gasteiger partial charge in [-0.2, -0.15) is 0 Å². The van der Waals surface area contributed by atoms with Gasteiger partial charge in [-0.3, -0.25) is 4.98 Å². The number of hydrogen-bond donors (Lipinski definition) is 1. The molecule has 2 heteroatoms. The average molecular weight is 254 g/mol. The second kappa shape index (κ2) is 5.70. The molecule has 0 aliphatic heterocycles. The Balaban J connectivity index is 1.80. The summed E-state index contributed by atoms with van der Waals surface area (Å²) in [6.45, 7) is 4.52. The highest BCUT2D eigenvalue weighted by molar-refractivity contribution is 5.85. The van der Waals surface area contributed by atoms with Crippen molar-refractivity contribution in [2.45, 2.75) is 32.1 Å². The lowest BCUT2D eigenvalue weighted by Gasteiger charge is -2.38. The fourth-order valence-corrected chi connectivity index (χ4v) is 3.15. The van der Waals surface area contributed by atoms with Gasteiger partial charge in [-0.15, -0.1) is 0 Å². The van der Waals surface area contributed by atoms with Crippen LogP contribution in [0.15, 0.2) is 36.7 Å². The maximum Gasteiger partial charge on any atom is 0.0349 e. The molecule has 0 saturated heterocycles. The highest BCUT2D eigenvalue weighted by Gasteiger charge is 2.32. The van der Waals surface area contributed by atoms with Crippen molar-refractivity contribution in [1.29, 1.82) is 0 Å². The minimum absolute atomic E-state index is 0.720. The van der Waals surface area contributed by atoms with Crippen LogP contribution in [0.3, 0.4) is 0 Å². The van der Waals surface area contributed by atoms with Gasteiger partial charge in [-0.1, -0.05) is 25.1 Å². The van der Waals surface area contributed by atoms with E-state index >= 15 is 0 Å². The predicted molar refractivity (Wildman–Crippen MR) is 80.4 cm³/mol. The lowest BCUT2D eigenvalue weighted by molar-refractivity contribution is 0.247. The first-order valence-corrected chi connectivity index (χ1v) is 7.43. The van der Waals surface area contributed by atoms with E-state index in [0.29, 0.717) is 0 Å². The number of nitrogens with zero attached hydrogens (tertiary/aromatic N) is 1. The molecular weight excluding hydrogens is 232 g/mol. The maximum atomic E-state index is 4.30. The van der Waals surface area contributed by atoms with Gasteiger partial charge in [0.05, 0.1) is 0 Å². The fraction of sp³-hybridized carbons (Fsp3) is 0.471. The molecule has 1 aliphatic carbocycles. The van der Waals surface area contributed by atoms with Gasteiger partial charge in [0.25, 0.3) is 0 Å². The van der Waals surface area contributed by atoms with Gasteiger partial charge >= 0.3 is 0 Å². The Bertz CT molecular complexity index is 544. The summed E-state index contributed by atoms with van der Waals surface area (Å²) in [5.74, 6) is 1.52. The molecule has 1 heterocycles. The topological polar surface area (TPSA) is 24.9 Å². The molecule has 1 aromatic carbocycles. The Labute approximate surface area is 115 Å². The van der Waals surface area contributed by atoms with Crippen LogP contribution in [0.4, 0.5) is 0 Å². The van der Waals surface area contributed by atoms with Gasteiger partial charge in [0.1, 0.15) is 0 Å². The summed E-state index contributed by atoms with van der Waals surface area (Å²) < 4.78 is 0. The molecule has 1 N–H and O–H groups in total. The Morgan fingerprint density at radius 1 is 1.26 bits per heavy atom. The van der Waals surface area contributed by atoms with Gasteiger partial charge in [-0.25, -0.2) is 0 Å². The third-order valence-electron chi connectivity index (χ3n) is 4.37. The van der Waals surface area contributed by atoms with Crippen molar-refractivity contribution < 1.29 is 0 Å². The van der Waals surface area contributed by atoms with E-state index in [0.717, 1.165) is 24.9 Å². The standard InChI is InChI=1S/C17H22N2/c1-2-9-18-11-14-6-7-15(14)16-5-3-4-13-8-10-19-12-17(13)16/h3-5,8,10,12,14-15,18H,2,6-7,9,11H2,1H3.